The lowest BCUT2D eigenvalue weighted by atomic mass is 10.5. The molecule has 2 N–H and O–H groups in total. The Kier molecular flexibility index (Phi) is 4.13. The molecule has 5 heteroatoms. The second-order valence-corrected chi connectivity index (χ2v) is 2.48. The first-order chi connectivity index (χ1) is 6.83. The molecule has 0 unspecified atom stereocenters. The van der Waals surface area contributed by atoms with Crippen molar-refractivity contribution in [2.45, 2.75) is 13.3 Å². The van der Waals surface area contributed by atoms with Gasteiger partial charge in [-0.25, -0.2) is 14.8 Å². The molecule has 0 atom stereocenters. The Morgan fingerprint density at radius 2 is 2.21 bits per heavy atom. The number of urea groups is 1. The van der Waals surface area contributed by atoms with E-state index in [0.717, 1.165) is 6.42 Å². The van der Waals surface area contributed by atoms with Gasteiger partial charge < -0.3 is 5.32 Å². The Labute approximate surface area is 82.3 Å². The first kappa shape index (κ1) is 10.2. The topological polar surface area (TPSA) is 66.9 Å². The van der Waals surface area contributed by atoms with E-state index in [2.05, 4.69) is 20.6 Å². The Bertz CT molecular complexity index is 310. The molecule has 2 amide bonds. The van der Waals surface area contributed by atoms with Crippen molar-refractivity contribution in [1.29, 1.82) is 0 Å². The third-order valence-electron chi connectivity index (χ3n) is 1.36. The summed E-state index contributed by atoms with van der Waals surface area (Å²) in [6.45, 7) is 1.98. The predicted molar refractivity (Wildman–Crippen MR) is 53.6 cm³/mol. The van der Waals surface area contributed by atoms with Gasteiger partial charge in [0.1, 0.15) is 0 Å². The van der Waals surface area contributed by atoms with Gasteiger partial charge in [0.25, 0.3) is 0 Å². The van der Waals surface area contributed by atoms with Gasteiger partial charge in [-0.1, -0.05) is 13.0 Å². The first-order valence-corrected chi connectivity index (χ1v) is 4.32. The van der Waals surface area contributed by atoms with Gasteiger partial charge in [-0.05, 0) is 12.5 Å². The number of hydrogen-bond acceptors (Lipinski definition) is 3. The average molecular weight is 192 g/mol. The monoisotopic (exact) mass is 192 g/mol. The number of rotatable bonds is 3. The fourth-order valence-corrected chi connectivity index (χ4v) is 0.754. The van der Waals surface area contributed by atoms with Crippen molar-refractivity contribution in [3.63, 3.8) is 0 Å². The van der Waals surface area contributed by atoms with Gasteiger partial charge in [0.2, 0.25) is 5.95 Å². The molecule has 74 valence electrons. The van der Waals surface area contributed by atoms with Crippen molar-refractivity contribution in [2.24, 2.45) is 0 Å². The molecule has 0 aromatic carbocycles. The highest BCUT2D eigenvalue weighted by Gasteiger charge is 1.98. The van der Waals surface area contributed by atoms with Crippen LogP contribution in [0.25, 0.3) is 0 Å². The number of carbonyl (C=O) groups is 1. The zero-order valence-electron chi connectivity index (χ0n) is 7.90. The second kappa shape index (κ2) is 5.69. The van der Waals surface area contributed by atoms with Crippen molar-refractivity contribution < 1.29 is 4.79 Å². The number of amides is 2. The van der Waals surface area contributed by atoms with Crippen molar-refractivity contribution in [3.05, 3.63) is 30.7 Å². The molecule has 1 aromatic heterocycles. The molecule has 5 nitrogen and oxygen atoms in total. The minimum Gasteiger partial charge on any atom is -0.315 e. The van der Waals surface area contributed by atoms with Crippen LogP contribution in [0.4, 0.5) is 10.7 Å². The molecule has 0 saturated heterocycles. The standard InChI is InChI=1S/C9H12N4O/c1-2-3-5-12-9(14)13-8-10-6-4-7-11-8/h3-7H,2H2,1H3,(H2,10,11,12,13,14)/b5-3+. The molecule has 0 aliphatic heterocycles. The van der Waals surface area contributed by atoms with E-state index in [4.69, 9.17) is 0 Å². The maximum absolute atomic E-state index is 11.1. The van der Waals surface area contributed by atoms with Gasteiger partial charge in [0.15, 0.2) is 0 Å². The van der Waals surface area contributed by atoms with Crippen molar-refractivity contribution in [1.82, 2.24) is 15.3 Å². The summed E-state index contributed by atoms with van der Waals surface area (Å²) >= 11 is 0. The van der Waals surface area contributed by atoms with E-state index < -0.39 is 0 Å². The first-order valence-electron chi connectivity index (χ1n) is 4.32. The Morgan fingerprint density at radius 1 is 1.50 bits per heavy atom. The van der Waals surface area contributed by atoms with Crippen LogP contribution in [0.1, 0.15) is 13.3 Å². The summed E-state index contributed by atoms with van der Waals surface area (Å²) in [5.41, 5.74) is 0. The number of hydrogen-bond donors (Lipinski definition) is 2. The van der Waals surface area contributed by atoms with Crippen LogP contribution in [0, 0.1) is 0 Å². The summed E-state index contributed by atoms with van der Waals surface area (Å²) in [6, 6.07) is 1.33. The molecule has 0 fully saturated rings. The zero-order chi connectivity index (χ0) is 10.2. The fourth-order valence-electron chi connectivity index (χ4n) is 0.754. The summed E-state index contributed by atoms with van der Waals surface area (Å²) in [4.78, 5) is 18.8. The fraction of sp³-hybridized carbons (Fsp3) is 0.222. The van der Waals surface area contributed by atoms with E-state index in [-0.39, 0.29) is 12.0 Å². The van der Waals surface area contributed by atoms with Crippen LogP contribution < -0.4 is 10.6 Å². The minimum atomic E-state index is -0.346. The van der Waals surface area contributed by atoms with Crippen molar-refractivity contribution in [2.75, 3.05) is 5.32 Å². The van der Waals surface area contributed by atoms with Gasteiger partial charge in [0, 0.05) is 18.6 Å². The SMILES string of the molecule is CC/C=C/NC(=O)Nc1ncccn1. The Hall–Kier alpha value is -1.91. The molecule has 0 aliphatic rings. The predicted octanol–water partition coefficient (Wildman–Crippen LogP) is 1.52. The molecule has 1 rings (SSSR count). The van der Waals surface area contributed by atoms with Crippen LogP contribution in [0.5, 0.6) is 0 Å². The van der Waals surface area contributed by atoms with Gasteiger partial charge in [0.05, 0.1) is 0 Å². The van der Waals surface area contributed by atoms with Crippen LogP contribution in [-0.4, -0.2) is 16.0 Å². The number of anilines is 1. The molecule has 0 spiro atoms. The van der Waals surface area contributed by atoms with E-state index in [1.54, 1.807) is 24.7 Å². The summed E-state index contributed by atoms with van der Waals surface area (Å²) in [5.74, 6) is 0.287. The number of nitrogens with zero attached hydrogens (tertiary/aromatic N) is 2. The summed E-state index contributed by atoms with van der Waals surface area (Å²) < 4.78 is 0. The molecule has 0 saturated carbocycles. The second-order valence-electron chi connectivity index (χ2n) is 2.48. The molecular weight excluding hydrogens is 180 g/mol. The van der Waals surface area contributed by atoms with Crippen LogP contribution in [0.15, 0.2) is 30.7 Å². The van der Waals surface area contributed by atoms with Crippen molar-refractivity contribution in [3.8, 4) is 0 Å². The number of aromatic nitrogens is 2. The molecule has 1 heterocycles. The van der Waals surface area contributed by atoms with Gasteiger partial charge in [-0.3, -0.25) is 5.32 Å². The van der Waals surface area contributed by atoms with Crippen LogP contribution in [0.3, 0.4) is 0 Å². The minimum absolute atomic E-state index is 0.287. The smallest absolute Gasteiger partial charge is 0.315 e. The average Bonchev–Trinajstić information content (AvgIpc) is 2.20. The molecule has 14 heavy (non-hydrogen) atoms. The summed E-state index contributed by atoms with van der Waals surface area (Å²) in [5, 5.41) is 5.00. The maximum Gasteiger partial charge on any atom is 0.325 e. The molecular formula is C9H12N4O. The number of allylic oxidation sites excluding steroid dienone is 1. The van der Waals surface area contributed by atoms with E-state index >= 15 is 0 Å². The van der Waals surface area contributed by atoms with Gasteiger partial charge >= 0.3 is 6.03 Å². The lowest BCUT2D eigenvalue weighted by molar-refractivity contribution is 0.255. The lowest BCUT2D eigenvalue weighted by Crippen LogP contribution is -2.24. The quantitative estimate of drug-likeness (QED) is 0.763. The van der Waals surface area contributed by atoms with Gasteiger partial charge in [-0.2, -0.15) is 0 Å². The number of carbonyl (C=O) groups excluding carboxylic acids is 1. The lowest BCUT2D eigenvalue weighted by Gasteiger charge is -2.00. The summed E-state index contributed by atoms with van der Waals surface area (Å²) in [7, 11) is 0. The third kappa shape index (κ3) is 3.66. The van der Waals surface area contributed by atoms with Crippen LogP contribution >= 0.6 is 0 Å². The van der Waals surface area contributed by atoms with E-state index in [1.165, 1.54) is 0 Å². The molecule has 1 aromatic rings. The third-order valence-corrected chi connectivity index (χ3v) is 1.36. The Balaban J connectivity index is 2.38. The summed E-state index contributed by atoms with van der Waals surface area (Å²) in [6.07, 6.45) is 7.42. The maximum atomic E-state index is 11.1. The van der Waals surface area contributed by atoms with Crippen LogP contribution in [-0.2, 0) is 0 Å². The zero-order valence-corrected chi connectivity index (χ0v) is 7.90. The van der Waals surface area contributed by atoms with Gasteiger partial charge in [-0.15, -0.1) is 0 Å². The highest BCUT2D eigenvalue weighted by molar-refractivity contribution is 5.87. The number of nitrogens with one attached hydrogen (secondary N) is 2. The molecule has 0 radical (unpaired) electrons. The van der Waals surface area contributed by atoms with E-state index in [1.807, 2.05) is 13.0 Å². The van der Waals surface area contributed by atoms with Crippen molar-refractivity contribution >= 4 is 12.0 Å². The highest BCUT2D eigenvalue weighted by atomic mass is 16.2. The van der Waals surface area contributed by atoms with E-state index in [9.17, 15) is 4.79 Å². The molecule has 0 bridgehead atoms. The normalized spacial score (nSPS) is 10.1. The highest BCUT2D eigenvalue weighted by Crippen LogP contribution is 1.92. The Morgan fingerprint density at radius 3 is 2.86 bits per heavy atom. The van der Waals surface area contributed by atoms with E-state index in [0.29, 0.717) is 0 Å². The largest absolute Gasteiger partial charge is 0.325 e. The molecule has 0 aliphatic carbocycles. The van der Waals surface area contributed by atoms with Crippen LogP contribution in [0.2, 0.25) is 0 Å².